The Bertz CT molecular complexity index is 581. The average Bonchev–Trinajstić information content (AvgIpc) is 2.56. The number of anilines is 1. The van der Waals surface area contributed by atoms with Gasteiger partial charge in [-0.15, -0.1) is 0 Å². The zero-order chi connectivity index (χ0) is 17.0. The van der Waals surface area contributed by atoms with Crippen LogP contribution in [0.3, 0.4) is 0 Å². The summed E-state index contributed by atoms with van der Waals surface area (Å²) in [4.78, 5) is 29.1. The van der Waals surface area contributed by atoms with Crippen molar-refractivity contribution in [3.8, 4) is 0 Å². The summed E-state index contributed by atoms with van der Waals surface area (Å²) in [5.41, 5.74) is -1.15. The largest absolute Gasteiger partial charge is 0.339 e. The number of hydrogen-bond acceptors (Lipinski definition) is 3. The molecule has 0 saturated carbocycles. The summed E-state index contributed by atoms with van der Waals surface area (Å²) in [6.07, 6.45) is 0. The molecule has 1 aliphatic heterocycles. The quantitative estimate of drug-likeness (QED) is 0.863. The van der Waals surface area contributed by atoms with E-state index >= 15 is 0 Å². The second-order valence-electron chi connectivity index (χ2n) is 6.29. The Morgan fingerprint density at radius 3 is 2.35 bits per heavy atom. The summed E-state index contributed by atoms with van der Waals surface area (Å²) in [6, 6.07) is 5.94. The van der Waals surface area contributed by atoms with Crippen LogP contribution in [0.2, 0.25) is 0 Å². The molecular weight excluding hydrogens is 297 g/mol. The molecule has 1 saturated heterocycles. The standard InChI is InChI=1S/C17H24FN3O2/c1-4-20-9-11-21(12-10-20)16(23)17(2,3)15(22)19-14-8-6-5-7-13(14)18/h5-8H,4,9-12H2,1-3H3,(H,19,22). The number of likely N-dealkylation sites (N-methyl/N-ethyl adjacent to an activating group) is 1. The van der Waals surface area contributed by atoms with E-state index in [0.717, 1.165) is 19.6 Å². The van der Waals surface area contributed by atoms with Gasteiger partial charge in [0, 0.05) is 26.2 Å². The van der Waals surface area contributed by atoms with Gasteiger partial charge in [-0.05, 0) is 32.5 Å². The normalized spacial score (nSPS) is 16.3. The summed E-state index contributed by atoms with van der Waals surface area (Å²) >= 11 is 0. The maximum Gasteiger partial charge on any atom is 0.239 e. The minimum Gasteiger partial charge on any atom is -0.339 e. The Kier molecular flexibility index (Phi) is 5.36. The first-order valence-electron chi connectivity index (χ1n) is 7.94. The van der Waals surface area contributed by atoms with E-state index in [0.29, 0.717) is 13.1 Å². The van der Waals surface area contributed by atoms with Gasteiger partial charge < -0.3 is 15.1 Å². The fourth-order valence-corrected chi connectivity index (χ4v) is 2.60. The molecule has 1 N–H and O–H groups in total. The monoisotopic (exact) mass is 321 g/mol. The molecule has 0 unspecified atom stereocenters. The van der Waals surface area contributed by atoms with Crippen LogP contribution in [0.15, 0.2) is 24.3 Å². The Hall–Kier alpha value is -1.95. The van der Waals surface area contributed by atoms with Crippen molar-refractivity contribution in [1.82, 2.24) is 9.80 Å². The van der Waals surface area contributed by atoms with Crippen molar-refractivity contribution >= 4 is 17.5 Å². The minimum absolute atomic E-state index is 0.0918. The highest BCUT2D eigenvalue weighted by Crippen LogP contribution is 2.23. The van der Waals surface area contributed by atoms with Crippen LogP contribution in [0.5, 0.6) is 0 Å². The third-order valence-electron chi connectivity index (χ3n) is 4.33. The highest BCUT2D eigenvalue weighted by molar-refractivity contribution is 6.09. The van der Waals surface area contributed by atoms with Crippen LogP contribution in [0.1, 0.15) is 20.8 Å². The van der Waals surface area contributed by atoms with E-state index in [9.17, 15) is 14.0 Å². The summed E-state index contributed by atoms with van der Waals surface area (Å²) in [7, 11) is 0. The summed E-state index contributed by atoms with van der Waals surface area (Å²) < 4.78 is 13.7. The number of hydrogen-bond donors (Lipinski definition) is 1. The lowest BCUT2D eigenvalue weighted by Gasteiger charge is -2.37. The number of nitrogens with zero attached hydrogens (tertiary/aromatic N) is 2. The van der Waals surface area contributed by atoms with Gasteiger partial charge in [-0.2, -0.15) is 0 Å². The average molecular weight is 321 g/mol. The predicted molar refractivity (Wildman–Crippen MR) is 87.5 cm³/mol. The lowest BCUT2D eigenvalue weighted by atomic mass is 9.89. The zero-order valence-electron chi connectivity index (χ0n) is 13.9. The maximum atomic E-state index is 13.7. The number of halogens is 1. The Labute approximate surface area is 136 Å². The summed E-state index contributed by atoms with van der Waals surface area (Å²) in [5, 5.41) is 2.52. The van der Waals surface area contributed by atoms with E-state index in [4.69, 9.17) is 0 Å². The molecule has 0 radical (unpaired) electrons. The van der Waals surface area contributed by atoms with Crippen molar-refractivity contribution in [2.24, 2.45) is 5.41 Å². The lowest BCUT2D eigenvalue weighted by molar-refractivity contribution is -0.147. The molecule has 0 spiro atoms. The first-order valence-corrected chi connectivity index (χ1v) is 7.94. The predicted octanol–water partition coefficient (Wildman–Crippen LogP) is 1.95. The van der Waals surface area contributed by atoms with Gasteiger partial charge in [-0.3, -0.25) is 9.59 Å². The fraction of sp³-hybridized carbons (Fsp3) is 0.529. The topological polar surface area (TPSA) is 52.7 Å². The van der Waals surface area contributed by atoms with Gasteiger partial charge in [0.25, 0.3) is 0 Å². The number of rotatable bonds is 4. The van der Waals surface area contributed by atoms with Crippen molar-refractivity contribution < 1.29 is 14.0 Å². The van der Waals surface area contributed by atoms with Crippen LogP contribution >= 0.6 is 0 Å². The van der Waals surface area contributed by atoms with Crippen molar-refractivity contribution in [2.45, 2.75) is 20.8 Å². The van der Waals surface area contributed by atoms with Gasteiger partial charge in [0.2, 0.25) is 11.8 Å². The number of nitrogens with one attached hydrogen (secondary N) is 1. The van der Waals surface area contributed by atoms with E-state index in [1.165, 1.54) is 12.1 Å². The molecule has 0 aliphatic carbocycles. The third kappa shape index (κ3) is 3.88. The molecule has 1 aromatic rings. The molecule has 1 aromatic carbocycles. The van der Waals surface area contributed by atoms with Gasteiger partial charge in [-0.1, -0.05) is 19.1 Å². The second kappa shape index (κ2) is 7.08. The lowest BCUT2D eigenvalue weighted by Crippen LogP contribution is -2.54. The van der Waals surface area contributed by atoms with Crippen LogP contribution < -0.4 is 5.32 Å². The molecule has 1 heterocycles. The van der Waals surface area contributed by atoms with Gasteiger partial charge in [0.1, 0.15) is 11.2 Å². The van der Waals surface area contributed by atoms with Crippen LogP contribution in [0.25, 0.3) is 0 Å². The van der Waals surface area contributed by atoms with Crippen molar-refractivity contribution in [1.29, 1.82) is 0 Å². The number of amides is 2. The minimum atomic E-state index is -1.24. The number of benzene rings is 1. The van der Waals surface area contributed by atoms with Crippen LogP contribution in [-0.4, -0.2) is 54.3 Å². The summed E-state index contributed by atoms with van der Waals surface area (Å²) in [6.45, 7) is 9.06. The summed E-state index contributed by atoms with van der Waals surface area (Å²) in [5.74, 6) is -1.23. The molecule has 23 heavy (non-hydrogen) atoms. The highest BCUT2D eigenvalue weighted by atomic mass is 19.1. The fourth-order valence-electron chi connectivity index (χ4n) is 2.60. The van der Waals surface area contributed by atoms with Gasteiger partial charge in [-0.25, -0.2) is 4.39 Å². The van der Waals surface area contributed by atoms with Crippen molar-refractivity contribution in [3.63, 3.8) is 0 Å². The molecule has 5 nitrogen and oxygen atoms in total. The molecule has 6 heteroatoms. The molecule has 1 aliphatic rings. The second-order valence-corrected chi connectivity index (χ2v) is 6.29. The van der Waals surface area contributed by atoms with Crippen LogP contribution in [-0.2, 0) is 9.59 Å². The van der Waals surface area contributed by atoms with Crippen LogP contribution in [0.4, 0.5) is 10.1 Å². The zero-order valence-corrected chi connectivity index (χ0v) is 13.9. The third-order valence-corrected chi connectivity index (χ3v) is 4.33. The van der Waals surface area contributed by atoms with Gasteiger partial charge in [0.15, 0.2) is 0 Å². The Morgan fingerprint density at radius 2 is 1.78 bits per heavy atom. The molecule has 0 atom stereocenters. The first kappa shape index (κ1) is 17.4. The molecular formula is C17H24FN3O2. The highest BCUT2D eigenvalue weighted by Gasteiger charge is 2.40. The SMILES string of the molecule is CCN1CCN(C(=O)C(C)(C)C(=O)Nc2ccccc2F)CC1. The van der Waals surface area contributed by atoms with E-state index in [1.807, 2.05) is 0 Å². The molecule has 0 aromatic heterocycles. The number of para-hydroxylation sites is 1. The molecule has 0 bridgehead atoms. The Balaban J connectivity index is 2.03. The van der Waals surface area contributed by atoms with Crippen LogP contribution in [0, 0.1) is 11.2 Å². The van der Waals surface area contributed by atoms with E-state index in [2.05, 4.69) is 17.1 Å². The number of carbonyl (C=O) groups excluding carboxylic acids is 2. The number of piperazine rings is 1. The smallest absolute Gasteiger partial charge is 0.239 e. The molecule has 126 valence electrons. The van der Waals surface area contributed by atoms with Crippen molar-refractivity contribution in [2.75, 3.05) is 38.0 Å². The van der Waals surface area contributed by atoms with Gasteiger partial charge >= 0.3 is 0 Å². The molecule has 1 fully saturated rings. The maximum absolute atomic E-state index is 13.7. The van der Waals surface area contributed by atoms with E-state index in [1.54, 1.807) is 30.9 Å². The number of carbonyl (C=O) groups is 2. The van der Waals surface area contributed by atoms with Gasteiger partial charge in [0.05, 0.1) is 5.69 Å². The van der Waals surface area contributed by atoms with E-state index < -0.39 is 17.1 Å². The molecule has 2 rings (SSSR count). The Morgan fingerprint density at radius 1 is 1.17 bits per heavy atom. The molecule has 2 amide bonds. The first-order chi connectivity index (χ1) is 10.9. The van der Waals surface area contributed by atoms with Crippen molar-refractivity contribution in [3.05, 3.63) is 30.1 Å². The van der Waals surface area contributed by atoms with E-state index in [-0.39, 0.29) is 11.6 Å².